The molecule has 0 aromatic carbocycles. The molecule has 14 heavy (non-hydrogen) atoms. The fourth-order valence-corrected chi connectivity index (χ4v) is 0.454. The van der Waals surface area contributed by atoms with Crippen molar-refractivity contribution >= 4 is 0 Å². The molecule has 0 fully saturated rings. The molecule has 0 bridgehead atoms. The first-order chi connectivity index (χ1) is 4.79. The zero-order valence-corrected chi connectivity index (χ0v) is 9.96. The van der Waals surface area contributed by atoms with E-state index in [1.54, 1.807) is 6.92 Å². The van der Waals surface area contributed by atoms with Crippen molar-refractivity contribution in [3.63, 3.8) is 0 Å². The van der Waals surface area contributed by atoms with E-state index in [1.165, 1.54) is 0 Å². The molecule has 0 amide bonds. The molecule has 0 aliphatic carbocycles. The fourth-order valence-electron chi connectivity index (χ4n) is 0.454. The molecule has 1 rings (SSSR count). The van der Waals surface area contributed by atoms with E-state index in [9.17, 15) is 0 Å². The first-order valence-electron chi connectivity index (χ1n) is 3.05. The number of rotatable bonds is 0. The summed E-state index contributed by atoms with van der Waals surface area (Å²) in [4.78, 5) is 11.3. The Morgan fingerprint density at radius 1 is 0.929 bits per heavy atom. The third-order valence-electron chi connectivity index (χ3n) is 0.747. The molecule has 0 aliphatic heterocycles. The van der Waals surface area contributed by atoms with Crippen molar-refractivity contribution in [2.45, 2.75) is 43.1 Å². The summed E-state index contributed by atoms with van der Waals surface area (Å²) in [5.41, 5.74) is 0. The summed E-state index contributed by atoms with van der Waals surface area (Å²) in [5, 5.41) is 0. The standard InChI is InChI=1S/C5H6N3.C2H5.3CH4.Y/c1-4-6-3-7-5(2)8-4;1-2;;;;/h1-2H3;1H2,2H3;3*1H4;/q2*-1;;;;. The van der Waals surface area contributed by atoms with E-state index in [2.05, 4.69) is 28.2 Å². The monoisotopic (exact) mass is 274 g/mol. The van der Waals surface area contributed by atoms with Crippen molar-refractivity contribution in [2.75, 3.05) is 0 Å². The van der Waals surface area contributed by atoms with Gasteiger partial charge in [-0.2, -0.15) is 6.92 Å². The van der Waals surface area contributed by atoms with Crippen LogP contribution in [0, 0.1) is 27.1 Å². The van der Waals surface area contributed by atoms with Crippen molar-refractivity contribution in [3.05, 3.63) is 24.9 Å². The van der Waals surface area contributed by atoms with E-state index in [4.69, 9.17) is 0 Å². The van der Waals surface area contributed by atoms with Gasteiger partial charge < -0.3 is 21.9 Å². The van der Waals surface area contributed by atoms with Gasteiger partial charge in [0.05, 0.1) is 0 Å². The molecule has 0 saturated heterocycles. The Balaban J connectivity index is -0.0000000425. The second kappa shape index (κ2) is 18.8. The van der Waals surface area contributed by atoms with Gasteiger partial charge in [-0.3, -0.25) is 0 Å². The maximum Gasteiger partial charge on any atom is 0.0247 e. The molecule has 1 aromatic heterocycles. The molecule has 1 aromatic rings. The quantitative estimate of drug-likeness (QED) is 0.682. The second-order valence-corrected chi connectivity index (χ2v) is 1.53. The van der Waals surface area contributed by atoms with Gasteiger partial charge in [-0.15, -0.1) is 0 Å². The van der Waals surface area contributed by atoms with Crippen molar-refractivity contribution in [2.24, 2.45) is 0 Å². The molecule has 83 valence electrons. The third kappa shape index (κ3) is 14.6. The number of aromatic nitrogens is 3. The summed E-state index contributed by atoms with van der Waals surface area (Å²) in [7, 11) is 0. The van der Waals surface area contributed by atoms with Gasteiger partial charge in [0.1, 0.15) is 0 Å². The van der Waals surface area contributed by atoms with E-state index in [0.717, 1.165) is 11.6 Å². The minimum Gasteiger partial charge on any atom is -0.353 e. The summed E-state index contributed by atoms with van der Waals surface area (Å²) >= 11 is 0. The van der Waals surface area contributed by atoms with Crippen molar-refractivity contribution in [1.82, 2.24) is 15.0 Å². The van der Waals surface area contributed by atoms with Crippen LogP contribution in [0.5, 0.6) is 0 Å². The summed E-state index contributed by atoms with van der Waals surface area (Å²) in [6, 6.07) is 0. The van der Waals surface area contributed by atoms with E-state index in [1.807, 2.05) is 13.8 Å². The summed E-state index contributed by atoms with van der Waals surface area (Å²) in [6.07, 6.45) is 2.47. The van der Waals surface area contributed by atoms with Crippen molar-refractivity contribution in [1.29, 1.82) is 0 Å². The van der Waals surface area contributed by atoms with Crippen molar-refractivity contribution < 1.29 is 32.7 Å². The average Bonchev–Trinajstić information content (AvgIpc) is 1.91. The Kier molecular flexibility index (Phi) is 39.3. The predicted octanol–water partition coefficient (Wildman–Crippen LogP) is 3.03. The largest absolute Gasteiger partial charge is 0.353 e. The summed E-state index contributed by atoms with van der Waals surface area (Å²) in [5.74, 6) is 1.44. The van der Waals surface area contributed by atoms with Crippen LogP contribution in [0.1, 0.15) is 40.9 Å². The third-order valence-corrected chi connectivity index (χ3v) is 0.747. The van der Waals surface area contributed by atoms with Crippen LogP contribution in [0.4, 0.5) is 0 Å². The van der Waals surface area contributed by atoms with Gasteiger partial charge in [0.2, 0.25) is 0 Å². The van der Waals surface area contributed by atoms with E-state index >= 15 is 0 Å². The van der Waals surface area contributed by atoms with Gasteiger partial charge in [-0.25, -0.2) is 0 Å². The van der Waals surface area contributed by atoms with Gasteiger partial charge in [-0.05, 0) is 0 Å². The smallest absolute Gasteiger partial charge is 0.0247 e. The normalized spacial score (nSPS) is 5.71. The molecule has 0 unspecified atom stereocenters. The van der Waals surface area contributed by atoms with E-state index < -0.39 is 0 Å². The van der Waals surface area contributed by atoms with Crippen LogP contribution in [-0.2, 0) is 32.7 Å². The molecule has 1 radical (unpaired) electrons. The minimum absolute atomic E-state index is 0. The topological polar surface area (TPSA) is 38.7 Å². The Morgan fingerprint density at radius 2 is 1.21 bits per heavy atom. The predicted molar refractivity (Wildman–Crippen MR) is 59.4 cm³/mol. The van der Waals surface area contributed by atoms with Crippen LogP contribution < -0.4 is 0 Å². The van der Waals surface area contributed by atoms with Crippen LogP contribution in [0.2, 0.25) is 0 Å². The number of hydrogen-bond acceptors (Lipinski definition) is 3. The molecule has 0 spiro atoms. The molecule has 0 N–H and O–H groups in total. The Morgan fingerprint density at radius 3 is 1.36 bits per heavy atom. The second-order valence-electron chi connectivity index (χ2n) is 1.53. The molecule has 0 saturated carbocycles. The van der Waals surface area contributed by atoms with E-state index in [-0.39, 0.29) is 55.0 Å². The SMILES string of the molecule is C.C.C.Cc1n[c-]nc(C)n1.[CH2-]C.[Y]. The average molecular weight is 274 g/mol. The maximum absolute atomic E-state index is 3.92. The molecule has 1 heterocycles. The zero-order chi connectivity index (χ0) is 7.98. The summed E-state index contributed by atoms with van der Waals surface area (Å²) < 4.78 is 0. The number of nitrogens with zero attached hydrogens (tertiary/aromatic N) is 3. The number of hydrogen-bond donors (Lipinski definition) is 0. The minimum atomic E-state index is 0. The van der Waals surface area contributed by atoms with Crippen LogP contribution in [0.3, 0.4) is 0 Å². The van der Waals surface area contributed by atoms with Gasteiger partial charge in [-0.1, -0.05) is 36.1 Å². The van der Waals surface area contributed by atoms with Crippen molar-refractivity contribution in [3.8, 4) is 0 Å². The fraction of sp³-hybridized carbons (Fsp3) is 0.600. The number of aryl methyl sites for hydroxylation is 2. The maximum atomic E-state index is 3.92. The molecular weight excluding hydrogens is 251 g/mol. The Hall–Kier alpha value is 0.114. The molecule has 3 nitrogen and oxygen atoms in total. The van der Waals surface area contributed by atoms with Gasteiger partial charge in [0.15, 0.2) is 0 Å². The van der Waals surface area contributed by atoms with Gasteiger partial charge >= 0.3 is 0 Å². The van der Waals surface area contributed by atoms with Crippen LogP contribution >= 0.6 is 0 Å². The molecule has 4 heteroatoms. The first kappa shape index (κ1) is 29.2. The van der Waals surface area contributed by atoms with Crippen LogP contribution in [0.25, 0.3) is 0 Å². The summed E-state index contributed by atoms with van der Waals surface area (Å²) in [6.45, 7) is 8.62. The van der Waals surface area contributed by atoms with Crippen LogP contribution in [0.15, 0.2) is 0 Å². The first-order valence-corrected chi connectivity index (χ1v) is 3.05. The molecular formula is C10H23N3Y-2. The molecule has 0 aliphatic rings. The van der Waals surface area contributed by atoms with Gasteiger partial charge in [0, 0.05) is 50.7 Å². The molecule has 0 atom stereocenters. The zero-order valence-electron chi connectivity index (χ0n) is 7.13. The van der Waals surface area contributed by atoms with Crippen LogP contribution in [-0.4, -0.2) is 15.0 Å². The Bertz CT molecular complexity index is 175. The Labute approximate surface area is 115 Å². The van der Waals surface area contributed by atoms with E-state index in [0.29, 0.717) is 0 Å². The van der Waals surface area contributed by atoms with Gasteiger partial charge in [0.25, 0.3) is 0 Å².